The number of nitrogens with zero attached hydrogens (tertiary/aromatic N) is 4. The van der Waals surface area contributed by atoms with Crippen LogP contribution in [0.3, 0.4) is 0 Å². The second-order valence-corrected chi connectivity index (χ2v) is 6.09. The van der Waals surface area contributed by atoms with Crippen LogP contribution in [-0.2, 0) is 6.54 Å². The molecule has 7 nitrogen and oxygen atoms in total. The highest BCUT2D eigenvalue weighted by molar-refractivity contribution is 14.0. The fourth-order valence-corrected chi connectivity index (χ4v) is 2.65. The van der Waals surface area contributed by atoms with E-state index in [1.165, 1.54) is 0 Å². The van der Waals surface area contributed by atoms with Crippen LogP contribution in [-0.4, -0.2) is 40.4 Å². The highest BCUT2D eigenvalue weighted by Crippen LogP contribution is 2.10. The minimum Gasteiger partial charge on any atom is -0.494 e. The molecule has 1 heterocycles. The van der Waals surface area contributed by atoms with Gasteiger partial charge < -0.3 is 15.4 Å². The van der Waals surface area contributed by atoms with Gasteiger partial charge in [-0.1, -0.05) is 36.4 Å². The van der Waals surface area contributed by atoms with Crippen molar-refractivity contribution in [1.82, 2.24) is 25.4 Å². The number of guanidine groups is 1. The molecule has 0 atom stereocenters. The van der Waals surface area contributed by atoms with Crippen LogP contribution in [0.25, 0.3) is 5.69 Å². The molecule has 0 saturated heterocycles. The number of rotatable bonds is 9. The molecule has 0 aliphatic rings. The zero-order valence-corrected chi connectivity index (χ0v) is 18.8. The lowest BCUT2D eigenvalue weighted by Gasteiger charge is -2.12. The van der Waals surface area contributed by atoms with Crippen LogP contribution in [0.1, 0.15) is 19.2 Å². The number of aromatic nitrogens is 3. The normalized spacial score (nSPS) is 10.9. The van der Waals surface area contributed by atoms with Crippen molar-refractivity contribution in [2.24, 2.45) is 4.99 Å². The van der Waals surface area contributed by atoms with Crippen molar-refractivity contribution < 1.29 is 4.74 Å². The van der Waals surface area contributed by atoms with Gasteiger partial charge in [0.15, 0.2) is 11.8 Å². The van der Waals surface area contributed by atoms with Crippen LogP contribution in [0.15, 0.2) is 72.0 Å². The molecule has 0 amide bonds. The van der Waals surface area contributed by atoms with Crippen molar-refractivity contribution in [1.29, 1.82) is 0 Å². The van der Waals surface area contributed by atoms with E-state index in [1.807, 2.05) is 72.2 Å². The Balaban J connectivity index is 0.00000300. The fourth-order valence-electron chi connectivity index (χ4n) is 2.65. The van der Waals surface area contributed by atoms with Gasteiger partial charge in [-0.05, 0) is 37.6 Å². The molecule has 0 aliphatic heterocycles. The number of ether oxygens (including phenoxy) is 1. The van der Waals surface area contributed by atoms with Gasteiger partial charge in [-0.3, -0.25) is 4.57 Å². The Morgan fingerprint density at radius 1 is 1.03 bits per heavy atom. The molecule has 154 valence electrons. The summed E-state index contributed by atoms with van der Waals surface area (Å²) >= 11 is 0. The second kappa shape index (κ2) is 12.8. The van der Waals surface area contributed by atoms with Crippen LogP contribution in [0.4, 0.5) is 0 Å². The predicted molar refractivity (Wildman–Crippen MR) is 126 cm³/mol. The Morgan fingerprint density at radius 2 is 1.76 bits per heavy atom. The van der Waals surface area contributed by atoms with Gasteiger partial charge in [-0.25, -0.2) is 4.99 Å². The molecule has 0 fully saturated rings. The van der Waals surface area contributed by atoms with E-state index in [0.717, 1.165) is 42.7 Å². The first-order chi connectivity index (χ1) is 13.9. The molecule has 0 spiro atoms. The molecule has 2 N–H and O–H groups in total. The number of aliphatic imine (C=N–C) groups is 1. The number of para-hydroxylation sites is 2. The van der Waals surface area contributed by atoms with E-state index >= 15 is 0 Å². The van der Waals surface area contributed by atoms with Gasteiger partial charge in [0.05, 0.1) is 6.61 Å². The molecule has 3 rings (SSSR count). The number of benzene rings is 2. The molecule has 8 heteroatoms. The maximum absolute atomic E-state index is 5.71. The van der Waals surface area contributed by atoms with E-state index in [4.69, 9.17) is 4.74 Å². The second-order valence-electron chi connectivity index (χ2n) is 6.09. The average Bonchev–Trinajstić information content (AvgIpc) is 3.22. The number of halogens is 1. The van der Waals surface area contributed by atoms with Gasteiger partial charge in [-0.2, -0.15) is 0 Å². The van der Waals surface area contributed by atoms with E-state index in [0.29, 0.717) is 13.2 Å². The zero-order valence-electron chi connectivity index (χ0n) is 16.5. The first kappa shape index (κ1) is 22.7. The minimum atomic E-state index is 0. The molecule has 3 aromatic rings. The lowest BCUT2D eigenvalue weighted by molar-refractivity contribution is 0.311. The van der Waals surface area contributed by atoms with Crippen molar-refractivity contribution in [3.05, 3.63) is 72.8 Å². The summed E-state index contributed by atoms with van der Waals surface area (Å²) in [7, 11) is 0. The third kappa shape index (κ3) is 7.37. The number of nitrogens with one attached hydrogen (secondary N) is 2. The molecule has 1 aromatic heterocycles. The minimum absolute atomic E-state index is 0. The summed E-state index contributed by atoms with van der Waals surface area (Å²) in [6.45, 7) is 4.69. The lowest BCUT2D eigenvalue weighted by Crippen LogP contribution is -2.38. The Labute approximate surface area is 188 Å². The molecule has 0 aliphatic carbocycles. The van der Waals surface area contributed by atoms with E-state index in [9.17, 15) is 0 Å². The summed E-state index contributed by atoms with van der Waals surface area (Å²) in [6.07, 6.45) is 2.58. The first-order valence-corrected chi connectivity index (χ1v) is 9.51. The molecule has 0 radical (unpaired) electrons. The van der Waals surface area contributed by atoms with Crippen LogP contribution in [0, 0.1) is 0 Å². The van der Waals surface area contributed by atoms with Gasteiger partial charge in [0, 0.05) is 18.8 Å². The maximum atomic E-state index is 5.71. The number of hydrogen-bond donors (Lipinski definition) is 2. The molecular weight excluding hydrogens is 479 g/mol. The van der Waals surface area contributed by atoms with E-state index in [-0.39, 0.29) is 24.0 Å². The van der Waals surface area contributed by atoms with Crippen molar-refractivity contribution in [3.8, 4) is 11.4 Å². The Kier molecular flexibility index (Phi) is 9.98. The quantitative estimate of drug-likeness (QED) is 0.201. The SMILES string of the molecule is CCNC(=NCc1nncn1-c1ccccc1)NCCCOc1ccccc1.I. The highest BCUT2D eigenvalue weighted by Gasteiger charge is 2.06. The summed E-state index contributed by atoms with van der Waals surface area (Å²) in [4.78, 5) is 4.63. The standard InChI is InChI=1S/C21H26N6O.HI/c1-2-22-21(23-14-9-15-28-19-12-7-4-8-13-19)24-16-20-26-25-17-27(20)18-10-5-3-6-11-18;/h3-8,10-13,17H,2,9,14-16H2,1H3,(H2,22,23,24);1H. The topological polar surface area (TPSA) is 76.4 Å². The molecule has 2 aromatic carbocycles. The van der Waals surface area contributed by atoms with Gasteiger partial charge >= 0.3 is 0 Å². The third-order valence-corrected chi connectivity index (χ3v) is 4.00. The van der Waals surface area contributed by atoms with Crippen molar-refractivity contribution >= 4 is 29.9 Å². The van der Waals surface area contributed by atoms with Gasteiger partial charge in [0.1, 0.15) is 18.6 Å². The smallest absolute Gasteiger partial charge is 0.191 e. The number of hydrogen-bond acceptors (Lipinski definition) is 4. The van der Waals surface area contributed by atoms with E-state index in [2.05, 4.69) is 25.8 Å². The fraction of sp³-hybridized carbons (Fsp3) is 0.286. The average molecular weight is 506 g/mol. The Bertz CT molecular complexity index is 854. The maximum Gasteiger partial charge on any atom is 0.191 e. The highest BCUT2D eigenvalue weighted by atomic mass is 127. The van der Waals surface area contributed by atoms with Gasteiger partial charge in [-0.15, -0.1) is 34.2 Å². The summed E-state index contributed by atoms with van der Waals surface area (Å²) in [5.41, 5.74) is 1.02. The summed E-state index contributed by atoms with van der Waals surface area (Å²) in [6, 6.07) is 19.8. The molecule has 0 saturated carbocycles. The molecule has 0 unspecified atom stereocenters. The van der Waals surface area contributed by atoms with Crippen LogP contribution < -0.4 is 15.4 Å². The zero-order chi connectivity index (χ0) is 19.4. The van der Waals surface area contributed by atoms with Crippen LogP contribution in [0.5, 0.6) is 5.75 Å². The molecule has 0 bridgehead atoms. The van der Waals surface area contributed by atoms with Crippen molar-refractivity contribution in [2.75, 3.05) is 19.7 Å². The van der Waals surface area contributed by atoms with Crippen LogP contribution >= 0.6 is 24.0 Å². The summed E-state index contributed by atoms with van der Waals surface area (Å²) in [5, 5.41) is 14.8. The van der Waals surface area contributed by atoms with Gasteiger partial charge in [0.25, 0.3) is 0 Å². The van der Waals surface area contributed by atoms with E-state index in [1.54, 1.807) is 6.33 Å². The van der Waals surface area contributed by atoms with Crippen LogP contribution in [0.2, 0.25) is 0 Å². The van der Waals surface area contributed by atoms with Gasteiger partial charge in [0.2, 0.25) is 0 Å². The summed E-state index contributed by atoms with van der Waals surface area (Å²) in [5.74, 6) is 2.43. The third-order valence-electron chi connectivity index (χ3n) is 4.00. The Morgan fingerprint density at radius 3 is 2.48 bits per heavy atom. The first-order valence-electron chi connectivity index (χ1n) is 9.51. The monoisotopic (exact) mass is 506 g/mol. The summed E-state index contributed by atoms with van der Waals surface area (Å²) < 4.78 is 7.65. The predicted octanol–water partition coefficient (Wildman–Crippen LogP) is 3.41. The molecule has 29 heavy (non-hydrogen) atoms. The van der Waals surface area contributed by atoms with Crippen molar-refractivity contribution in [3.63, 3.8) is 0 Å². The van der Waals surface area contributed by atoms with E-state index < -0.39 is 0 Å². The molecular formula is C21H27IN6O. The van der Waals surface area contributed by atoms with Crippen molar-refractivity contribution in [2.45, 2.75) is 19.9 Å². The Hall–Kier alpha value is -2.62. The lowest BCUT2D eigenvalue weighted by atomic mass is 10.3. The largest absolute Gasteiger partial charge is 0.494 e.